The van der Waals surface area contributed by atoms with Crippen molar-refractivity contribution in [1.29, 1.82) is 0 Å². The number of carbonyl (C=O) groups excluding carboxylic acids is 1. The average Bonchev–Trinajstić information content (AvgIpc) is 3.45. The molecule has 0 bridgehead atoms. The van der Waals surface area contributed by atoms with Gasteiger partial charge in [0.2, 0.25) is 5.91 Å². The molecule has 1 atom stereocenters. The van der Waals surface area contributed by atoms with Gasteiger partial charge in [0.15, 0.2) is 0 Å². The first-order chi connectivity index (χ1) is 17.1. The smallest absolute Gasteiger partial charge is 0.227 e. The summed E-state index contributed by atoms with van der Waals surface area (Å²) in [5.74, 6) is 2.73. The van der Waals surface area contributed by atoms with Crippen LogP contribution in [0.4, 0.5) is 5.69 Å². The van der Waals surface area contributed by atoms with Crippen molar-refractivity contribution in [3.63, 3.8) is 0 Å². The summed E-state index contributed by atoms with van der Waals surface area (Å²) in [6.07, 6.45) is 2.30. The second kappa shape index (κ2) is 10.4. The van der Waals surface area contributed by atoms with Gasteiger partial charge in [-0.15, -0.1) is 0 Å². The van der Waals surface area contributed by atoms with E-state index in [-0.39, 0.29) is 11.8 Å². The molecule has 1 aliphatic rings. The zero-order chi connectivity index (χ0) is 24.2. The van der Waals surface area contributed by atoms with Crippen molar-refractivity contribution in [2.75, 3.05) is 25.2 Å². The fourth-order valence-electron chi connectivity index (χ4n) is 4.64. The van der Waals surface area contributed by atoms with Gasteiger partial charge in [-0.25, -0.2) is 4.98 Å². The molecule has 1 unspecified atom stereocenters. The maximum absolute atomic E-state index is 12.9. The van der Waals surface area contributed by atoms with Gasteiger partial charge in [0.1, 0.15) is 17.3 Å². The van der Waals surface area contributed by atoms with E-state index in [0.717, 1.165) is 53.4 Å². The minimum Gasteiger partial charge on any atom is -0.497 e. The quantitative estimate of drug-likeness (QED) is 0.267. The van der Waals surface area contributed by atoms with Gasteiger partial charge in [-0.05, 0) is 61.4 Å². The lowest BCUT2D eigenvalue weighted by atomic mass is 10.1. The van der Waals surface area contributed by atoms with Crippen molar-refractivity contribution in [1.82, 2.24) is 9.55 Å². The van der Waals surface area contributed by atoms with Crippen LogP contribution in [0.25, 0.3) is 11.0 Å². The van der Waals surface area contributed by atoms with Gasteiger partial charge in [0.05, 0.1) is 24.8 Å². The van der Waals surface area contributed by atoms with Crippen LogP contribution in [-0.2, 0) is 11.3 Å². The number of imidazole rings is 1. The molecule has 180 valence electrons. The van der Waals surface area contributed by atoms with Crippen LogP contribution in [0.3, 0.4) is 0 Å². The Kier molecular flexibility index (Phi) is 6.91. The minimum absolute atomic E-state index is 0.0404. The summed E-state index contributed by atoms with van der Waals surface area (Å²) < 4.78 is 13.4. The zero-order valence-corrected chi connectivity index (χ0v) is 20.4. The Balaban J connectivity index is 1.28. The SMILES string of the molecule is COc1cccc(OCCCCn2c(C3CC(=O)N(c4ccc(Cl)cc4)C3)nc3ccccc32)c1. The van der Waals surface area contributed by atoms with E-state index >= 15 is 0 Å². The number of unbranched alkanes of at least 4 members (excludes halogenated alkanes) is 1. The monoisotopic (exact) mass is 489 g/mol. The number of aryl methyl sites for hydroxylation is 1. The van der Waals surface area contributed by atoms with Crippen LogP contribution >= 0.6 is 11.6 Å². The number of nitrogens with zero attached hydrogens (tertiary/aromatic N) is 3. The minimum atomic E-state index is 0.0404. The topological polar surface area (TPSA) is 56.6 Å². The fourth-order valence-corrected chi connectivity index (χ4v) is 4.77. The highest BCUT2D eigenvalue weighted by atomic mass is 35.5. The van der Waals surface area contributed by atoms with Crippen molar-refractivity contribution in [3.8, 4) is 11.5 Å². The van der Waals surface area contributed by atoms with Crippen molar-refractivity contribution < 1.29 is 14.3 Å². The normalized spacial score (nSPS) is 15.7. The molecular weight excluding hydrogens is 462 g/mol. The number of para-hydroxylation sites is 2. The lowest BCUT2D eigenvalue weighted by Crippen LogP contribution is -2.24. The molecule has 0 saturated carbocycles. The zero-order valence-electron chi connectivity index (χ0n) is 19.7. The first-order valence-corrected chi connectivity index (χ1v) is 12.3. The summed E-state index contributed by atoms with van der Waals surface area (Å²) in [4.78, 5) is 19.7. The van der Waals surface area contributed by atoms with Crippen LogP contribution in [0.15, 0.2) is 72.8 Å². The van der Waals surface area contributed by atoms with E-state index in [1.165, 1.54) is 0 Å². The molecular formula is C28H28ClN3O3. The summed E-state index contributed by atoms with van der Waals surface area (Å²) in [7, 11) is 1.65. The Morgan fingerprint density at radius 1 is 1.00 bits per heavy atom. The van der Waals surface area contributed by atoms with Crippen molar-refractivity contribution in [2.45, 2.75) is 31.7 Å². The average molecular weight is 490 g/mol. The number of halogens is 1. The number of methoxy groups -OCH3 is 1. The molecule has 1 fully saturated rings. The molecule has 0 aliphatic carbocycles. The van der Waals surface area contributed by atoms with Gasteiger partial charge < -0.3 is 18.9 Å². The maximum atomic E-state index is 12.9. The maximum Gasteiger partial charge on any atom is 0.227 e. The molecule has 1 amide bonds. The molecule has 0 spiro atoms. The van der Waals surface area contributed by atoms with Crippen LogP contribution in [0, 0.1) is 0 Å². The van der Waals surface area contributed by atoms with E-state index in [2.05, 4.69) is 10.6 Å². The molecule has 2 heterocycles. The van der Waals surface area contributed by atoms with Gasteiger partial charge >= 0.3 is 0 Å². The molecule has 3 aromatic carbocycles. The number of benzene rings is 3. The first kappa shape index (κ1) is 23.2. The third-order valence-electron chi connectivity index (χ3n) is 6.40. The number of ether oxygens (including phenoxy) is 2. The second-order valence-corrected chi connectivity index (χ2v) is 9.16. The van der Waals surface area contributed by atoms with Gasteiger partial charge in [-0.3, -0.25) is 4.79 Å². The highest BCUT2D eigenvalue weighted by Crippen LogP contribution is 2.34. The highest BCUT2D eigenvalue weighted by molar-refractivity contribution is 6.30. The molecule has 4 aromatic rings. The second-order valence-electron chi connectivity index (χ2n) is 8.73. The van der Waals surface area contributed by atoms with E-state index in [1.54, 1.807) is 7.11 Å². The molecule has 35 heavy (non-hydrogen) atoms. The van der Waals surface area contributed by atoms with Crippen molar-refractivity contribution in [3.05, 3.63) is 83.6 Å². The number of anilines is 1. The molecule has 7 heteroatoms. The number of fused-ring (bicyclic) bond motifs is 1. The molecule has 1 aromatic heterocycles. The third kappa shape index (κ3) is 5.13. The van der Waals surface area contributed by atoms with E-state index in [0.29, 0.717) is 24.6 Å². The number of rotatable bonds is 9. The number of carbonyl (C=O) groups is 1. The highest BCUT2D eigenvalue weighted by Gasteiger charge is 2.34. The Hall–Kier alpha value is -3.51. The number of amides is 1. The van der Waals surface area contributed by atoms with Crippen molar-refractivity contribution in [2.24, 2.45) is 0 Å². The van der Waals surface area contributed by atoms with Gasteiger partial charge in [0.25, 0.3) is 0 Å². The van der Waals surface area contributed by atoms with Gasteiger partial charge in [-0.1, -0.05) is 29.8 Å². The molecule has 1 aliphatic heterocycles. The molecule has 5 rings (SSSR count). The Morgan fingerprint density at radius 2 is 1.80 bits per heavy atom. The number of hydrogen-bond donors (Lipinski definition) is 0. The summed E-state index contributed by atoms with van der Waals surface area (Å²) in [6.45, 7) is 2.06. The largest absolute Gasteiger partial charge is 0.497 e. The molecule has 1 saturated heterocycles. The van der Waals surface area contributed by atoms with E-state index in [4.69, 9.17) is 26.1 Å². The first-order valence-electron chi connectivity index (χ1n) is 11.9. The van der Waals surface area contributed by atoms with Crippen LogP contribution in [-0.4, -0.2) is 35.7 Å². The fraction of sp³-hybridized carbons (Fsp3) is 0.286. The van der Waals surface area contributed by atoms with Crippen LogP contribution in [0.5, 0.6) is 11.5 Å². The third-order valence-corrected chi connectivity index (χ3v) is 6.65. The standard InChI is InChI=1S/C28H28ClN3O3/c1-34-23-7-6-8-24(18-23)35-16-5-4-15-31-26-10-3-2-9-25(26)30-28(31)20-17-27(33)32(19-20)22-13-11-21(29)12-14-22/h2-3,6-14,18,20H,4-5,15-17,19H2,1H3. The van der Waals surface area contributed by atoms with Crippen molar-refractivity contribution >= 4 is 34.2 Å². The van der Waals surface area contributed by atoms with Gasteiger partial charge in [0, 0.05) is 42.2 Å². The predicted molar refractivity (Wildman–Crippen MR) is 139 cm³/mol. The van der Waals surface area contributed by atoms with E-state index < -0.39 is 0 Å². The molecule has 0 N–H and O–H groups in total. The Morgan fingerprint density at radius 3 is 2.63 bits per heavy atom. The van der Waals surface area contributed by atoms with E-state index in [1.807, 2.05) is 71.6 Å². The van der Waals surface area contributed by atoms with Crippen LogP contribution < -0.4 is 14.4 Å². The van der Waals surface area contributed by atoms with Crippen LogP contribution in [0.2, 0.25) is 5.02 Å². The van der Waals surface area contributed by atoms with E-state index in [9.17, 15) is 4.79 Å². The van der Waals surface area contributed by atoms with Gasteiger partial charge in [-0.2, -0.15) is 0 Å². The Bertz CT molecular complexity index is 1320. The Labute approximate surface area is 210 Å². The summed E-state index contributed by atoms with van der Waals surface area (Å²) in [5, 5.41) is 0.661. The molecule has 0 radical (unpaired) electrons. The van der Waals surface area contributed by atoms with Crippen LogP contribution in [0.1, 0.15) is 31.0 Å². The molecule has 6 nitrogen and oxygen atoms in total. The summed E-state index contributed by atoms with van der Waals surface area (Å²) >= 11 is 6.03. The lowest BCUT2D eigenvalue weighted by Gasteiger charge is -2.17. The number of aromatic nitrogens is 2. The number of hydrogen-bond acceptors (Lipinski definition) is 4. The lowest BCUT2D eigenvalue weighted by molar-refractivity contribution is -0.117. The summed E-state index contributed by atoms with van der Waals surface area (Å²) in [6, 6.07) is 23.3. The summed E-state index contributed by atoms with van der Waals surface area (Å²) in [5.41, 5.74) is 2.94. The predicted octanol–water partition coefficient (Wildman–Crippen LogP) is 6.08.